The van der Waals surface area contributed by atoms with Crippen molar-refractivity contribution < 1.29 is 27.5 Å². The van der Waals surface area contributed by atoms with Gasteiger partial charge in [-0.05, 0) is 43.5 Å². The maximum absolute atomic E-state index is 12.9. The van der Waals surface area contributed by atoms with Crippen LogP contribution < -0.4 is 4.90 Å². The molecular formula is C21H20N2O6S. The molecule has 4 rings (SSSR count). The number of hydrogen-bond donors (Lipinski definition) is 0. The predicted octanol–water partition coefficient (Wildman–Crippen LogP) is 1.74. The maximum Gasteiger partial charge on any atom is 0.327 e. The number of sulfonamides is 1. The van der Waals surface area contributed by atoms with Crippen molar-refractivity contribution in [2.75, 3.05) is 18.0 Å². The monoisotopic (exact) mass is 428 g/mol. The Kier molecular flexibility index (Phi) is 5.07. The highest BCUT2D eigenvalue weighted by atomic mass is 32.2. The first-order valence-corrected chi connectivity index (χ1v) is 11.0. The summed E-state index contributed by atoms with van der Waals surface area (Å²) in [6.45, 7) is 1.16. The Bertz CT molecular complexity index is 1140. The van der Waals surface area contributed by atoms with E-state index in [9.17, 15) is 22.8 Å². The summed E-state index contributed by atoms with van der Waals surface area (Å²) in [5, 5.41) is 0. The molecule has 30 heavy (non-hydrogen) atoms. The number of benzene rings is 2. The van der Waals surface area contributed by atoms with E-state index in [-0.39, 0.29) is 10.5 Å². The molecule has 0 spiro atoms. The van der Waals surface area contributed by atoms with Gasteiger partial charge in [-0.2, -0.15) is 0 Å². The molecule has 1 atom stereocenters. The fourth-order valence-corrected chi connectivity index (χ4v) is 5.28. The molecule has 0 N–H and O–H groups in total. The molecule has 0 aliphatic carbocycles. The Morgan fingerprint density at radius 3 is 2.57 bits per heavy atom. The lowest BCUT2D eigenvalue weighted by Crippen LogP contribution is -2.44. The van der Waals surface area contributed by atoms with Gasteiger partial charge in [-0.25, -0.2) is 12.7 Å². The molecule has 2 aliphatic rings. The van der Waals surface area contributed by atoms with E-state index in [4.69, 9.17) is 4.74 Å². The second-order valence-corrected chi connectivity index (χ2v) is 9.00. The van der Waals surface area contributed by atoms with Crippen LogP contribution in [0.5, 0.6) is 0 Å². The number of anilines is 1. The van der Waals surface area contributed by atoms with Crippen LogP contribution in [0.4, 0.5) is 5.69 Å². The summed E-state index contributed by atoms with van der Waals surface area (Å²) in [6.07, 6.45) is 0.540. The number of aryl methyl sites for hydroxylation is 1. The predicted molar refractivity (Wildman–Crippen MR) is 107 cm³/mol. The first-order chi connectivity index (χ1) is 14.3. The smallest absolute Gasteiger partial charge is 0.327 e. The van der Waals surface area contributed by atoms with Crippen LogP contribution in [0.15, 0.2) is 53.4 Å². The summed E-state index contributed by atoms with van der Waals surface area (Å²) in [5.41, 5.74) is 1.84. The lowest BCUT2D eigenvalue weighted by molar-refractivity contribution is -0.153. The second kappa shape index (κ2) is 7.56. The first kappa shape index (κ1) is 20.1. The summed E-state index contributed by atoms with van der Waals surface area (Å²) >= 11 is 0. The van der Waals surface area contributed by atoms with Crippen LogP contribution in [0.25, 0.3) is 0 Å². The van der Waals surface area contributed by atoms with Crippen molar-refractivity contribution in [3.05, 3.63) is 59.7 Å². The third-order valence-corrected chi connectivity index (χ3v) is 7.00. The molecule has 9 heteroatoms. The zero-order chi connectivity index (χ0) is 21.5. The Morgan fingerprint density at radius 2 is 1.80 bits per heavy atom. The highest BCUT2D eigenvalue weighted by molar-refractivity contribution is 7.90. The van der Waals surface area contributed by atoms with Crippen molar-refractivity contribution in [1.82, 2.24) is 4.31 Å². The number of nitrogens with zero attached hydrogens (tertiary/aromatic N) is 2. The topological polar surface area (TPSA) is 101 Å². The van der Waals surface area contributed by atoms with Crippen LogP contribution in [0.2, 0.25) is 0 Å². The van der Waals surface area contributed by atoms with Gasteiger partial charge in [0.2, 0.25) is 0 Å². The third kappa shape index (κ3) is 3.35. The van der Waals surface area contributed by atoms with Gasteiger partial charge < -0.3 is 9.64 Å². The fourth-order valence-electron chi connectivity index (χ4n) is 3.77. The largest absolute Gasteiger partial charge is 0.451 e. The molecule has 8 nitrogen and oxygen atoms in total. The summed E-state index contributed by atoms with van der Waals surface area (Å²) in [7, 11) is -4.12. The number of fused-ring (bicyclic) bond motifs is 2. The molecule has 0 saturated heterocycles. The molecule has 2 amide bonds. The molecule has 156 valence electrons. The molecule has 2 aromatic carbocycles. The summed E-state index contributed by atoms with van der Waals surface area (Å²) in [6, 6.07) is 13.3. The van der Waals surface area contributed by atoms with Crippen LogP contribution >= 0.6 is 0 Å². The van der Waals surface area contributed by atoms with Gasteiger partial charge in [0.05, 0.1) is 5.56 Å². The van der Waals surface area contributed by atoms with Crippen molar-refractivity contribution in [2.45, 2.75) is 30.8 Å². The molecule has 2 aromatic rings. The van der Waals surface area contributed by atoms with Gasteiger partial charge in [-0.3, -0.25) is 14.4 Å². The average molecular weight is 428 g/mol. The number of amides is 2. The van der Waals surface area contributed by atoms with Gasteiger partial charge in [0, 0.05) is 12.2 Å². The van der Waals surface area contributed by atoms with Gasteiger partial charge in [-0.15, -0.1) is 0 Å². The van der Waals surface area contributed by atoms with Gasteiger partial charge in [0.1, 0.15) is 11.4 Å². The third-order valence-electron chi connectivity index (χ3n) is 5.22. The van der Waals surface area contributed by atoms with E-state index in [0.29, 0.717) is 10.8 Å². The number of esters is 1. The summed E-state index contributed by atoms with van der Waals surface area (Å²) in [4.78, 5) is 39.1. The quantitative estimate of drug-likeness (QED) is 0.688. The van der Waals surface area contributed by atoms with Crippen LogP contribution in [0.3, 0.4) is 0 Å². The minimum Gasteiger partial charge on any atom is -0.451 e. The number of rotatable bonds is 4. The van der Waals surface area contributed by atoms with Crippen LogP contribution in [0, 0.1) is 0 Å². The molecule has 0 radical (unpaired) electrons. The molecule has 0 saturated carbocycles. The van der Waals surface area contributed by atoms with Gasteiger partial charge >= 0.3 is 5.97 Å². The zero-order valence-electron chi connectivity index (χ0n) is 16.3. The molecule has 0 bridgehead atoms. The fraction of sp³-hybridized carbons (Fsp3) is 0.286. The molecule has 1 unspecified atom stereocenters. The lowest BCUT2D eigenvalue weighted by atomic mass is 10.0. The number of para-hydroxylation sites is 1. The summed E-state index contributed by atoms with van der Waals surface area (Å²) < 4.78 is 30.8. The van der Waals surface area contributed by atoms with E-state index in [1.165, 1.54) is 25.1 Å². The van der Waals surface area contributed by atoms with E-state index >= 15 is 0 Å². The summed E-state index contributed by atoms with van der Waals surface area (Å²) in [5.74, 6) is -2.15. The number of ether oxygens (including phenoxy) is 1. The van der Waals surface area contributed by atoms with Crippen LogP contribution in [-0.4, -0.2) is 49.7 Å². The molecule has 0 fully saturated rings. The van der Waals surface area contributed by atoms with Gasteiger partial charge in [0.15, 0.2) is 6.10 Å². The van der Waals surface area contributed by atoms with E-state index < -0.39 is 40.5 Å². The van der Waals surface area contributed by atoms with Crippen molar-refractivity contribution in [1.29, 1.82) is 0 Å². The normalized spacial score (nSPS) is 17.8. The van der Waals surface area contributed by atoms with Crippen molar-refractivity contribution in [3.8, 4) is 0 Å². The van der Waals surface area contributed by atoms with E-state index in [1.807, 2.05) is 24.3 Å². The highest BCUT2D eigenvalue weighted by Crippen LogP contribution is 2.30. The Hall–Kier alpha value is -3.20. The minimum atomic E-state index is -4.12. The van der Waals surface area contributed by atoms with Crippen molar-refractivity contribution >= 4 is 33.5 Å². The van der Waals surface area contributed by atoms with Crippen molar-refractivity contribution in [3.63, 3.8) is 0 Å². The van der Waals surface area contributed by atoms with Crippen LogP contribution in [-0.2, 0) is 30.8 Å². The Labute approximate surface area is 174 Å². The van der Waals surface area contributed by atoms with Crippen LogP contribution in [0.1, 0.15) is 29.3 Å². The highest BCUT2D eigenvalue weighted by Gasteiger charge is 2.42. The lowest BCUT2D eigenvalue weighted by Gasteiger charge is -2.31. The molecule has 2 aliphatic heterocycles. The molecule has 0 aromatic heterocycles. The number of carbonyl (C=O) groups is 3. The SMILES string of the molecule is CC(OC(=O)CN1C(=O)c2ccccc2S1(=O)=O)C(=O)N1CCCc2ccccc21. The van der Waals surface area contributed by atoms with Crippen molar-refractivity contribution in [2.24, 2.45) is 0 Å². The first-order valence-electron chi connectivity index (χ1n) is 9.55. The Morgan fingerprint density at radius 1 is 1.10 bits per heavy atom. The van der Waals surface area contributed by atoms with E-state index in [1.54, 1.807) is 11.0 Å². The zero-order valence-corrected chi connectivity index (χ0v) is 17.1. The second-order valence-electron chi connectivity index (χ2n) is 7.17. The van der Waals surface area contributed by atoms with E-state index in [2.05, 4.69) is 0 Å². The number of carbonyl (C=O) groups excluding carboxylic acids is 3. The van der Waals surface area contributed by atoms with Gasteiger partial charge in [0.25, 0.3) is 21.8 Å². The molecular weight excluding hydrogens is 408 g/mol. The Balaban J connectivity index is 1.45. The number of hydrogen-bond acceptors (Lipinski definition) is 6. The molecule has 2 heterocycles. The van der Waals surface area contributed by atoms with Gasteiger partial charge in [-0.1, -0.05) is 30.3 Å². The standard InChI is InChI=1S/C21H20N2O6S/c1-14(20(25)22-12-6-8-15-7-2-4-10-17(15)22)29-19(24)13-23-21(26)16-9-3-5-11-18(16)30(23,27)28/h2-5,7,9-11,14H,6,8,12-13H2,1H3. The average Bonchev–Trinajstić information content (AvgIpc) is 2.93. The van der Waals surface area contributed by atoms with E-state index in [0.717, 1.165) is 24.1 Å². The minimum absolute atomic E-state index is 0.0133. The maximum atomic E-state index is 12.9.